The standard InChI is InChI=1S/C20H21ClN4O4S/c1-4-25(15-8-6-5-7-9-15)30(27,28)16-10-11-18(21)17(12-16)19(26)22-13(2)20-23-14(3)24-29-20/h5-13H,4H2,1-3H3,(H,22,26). The maximum atomic E-state index is 13.2. The molecule has 30 heavy (non-hydrogen) atoms. The van der Waals surface area contributed by atoms with Crippen molar-refractivity contribution in [1.29, 1.82) is 0 Å². The molecule has 1 heterocycles. The van der Waals surface area contributed by atoms with Gasteiger partial charge < -0.3 is 9.84 Å². The van der Waals surface area contributed by atoms with Gasteiger partial charge >= 0.3 is 0 Å². The van der Waals surface area contributed by atoms with Crippen LogP contribution in [0.4, 0.5) is 5.69 Å². The third-order valence-corrected chi connectivity index (χ3v) is 6.59. The molecule has 0 spiro atoms. The van der Waals surface area contributed by atoms with Crippen LogP contribution in [-0.2, 0) is 10.0 Å². The summed E-state index contributed by atoms with van der Waals surface area (Å²) in [5, 5.41) is 6.51. The van der Waals surface area contributed by atoms with Gasteiger partial charge in [-0.25, -0.2) is 8.42 Å². The summed E-state index contributed by atoms with van der Waals surface area (Å²) in [5.74, 6) is 0.128. The number of nitrogens with one attached hydrogen (secondary N) is 1. The first-order valence-electron chi connectivity index (χ1n) is 9.22. The van der Waals surface area contributed by atoms with Crippen LogP contribution < -0.4 is 9.62 Å². The van der Waals surface area contributed by atoms with Gasteiger partial charge in [-0.15, -0.1) is 0 Å². The first-order chi connectivity index (χ1) is 14.2. The monoisotopic (exact) mass is 448 g/mol. The molecule has 0 fully saturated rings. The fraction of sp³-hybridized carbons (Fsp3) is 0.250. The molecule has 1 aromatic heterocycles. The average molecular weight is 449 g/mol. The molecule has 1 N–H and O–H groups in total. The number of halogens is 1. The highest BCUT2D eigenvalue weighted by atomic mass is 35.5. The quantitative estimate of drug-likeness (QED) is 0.590. The molecule has 0 aliphatic carbocycles. The molecule has 0 bridgehead atoms. The lowest BCUT2D eigenvalue weighted by atomic mass is 10.2. The van der Waals surface area contributed by atoms with E-state index in [4.69, 9.17) is 16.1 Å². The predicted octanol–water partition coefficient (Wildman–Crippen LogP) is 3.74. The number of nitrogens with zero attached hydrogens (tertiary/aromatic N) is 3. The molecule has 0 radical (unpaired) electrons. The molecular formula is C20H21ClN4O4S. The van der Waals surface area contributed by atoms with E-state index in [9.17, 15) is 13.2 Å². The summed E-state index contributed by atoms with van der Waals surface area (Å²) < 4.78 is 32.7. The summed E-state index contributed by atoms with van der Waals surface area (Å²) in [4.78, 5) is 16.8. The number of hydrogen-bond donors (Lipinski definition) is 1. The highest BCUT2D eigenvalue weighted by Crippen LogP contribution is 2.27. The second-order valence-corrected chi connectivity index (χ2v) is 8.79. The van der Waals surface area contributed by atoms with Crippen LogP contribution in [0.15, 0.2) is 57.9 Å². The summed E-state index contributed by atoms with van der Waals surface area (Å²) in [5.41, 5.74) is 0.561. The molecular weight excluding hydrogens is 428 g/mol. The van der Waals surface area contributed by atoms with E-state index in [2.05, 4.69) is 15.5 Å². The van der Waals surface area contributed by atoms with Crippen molar-refractivity contribution < 1.29 is 17.7 Å². The zero-order chi connectivity index (χ0) is 21.9. The lowest BCUT2D eigenvalue weighted by Gasteiger charge is -2.23. The Balaban J connectivity index is 1.91. The maximum absolute atomic E-state index is 13.2. The number of benzene rings is 2. The van der Waals surface area contributed by atoms with E-state index in [1.54, 1.807) is 51.1 Å². The minimum Gasteiger partial charge on any atom is -0.340 e. The van der Waals surface area contributed by atoms with Gasteiger partial charge in [0, 0.05) is 6.54 Å². The van der Waals surface area contributed by atoms with Crippen LogP contribution in [0.1, 0.15) is 42.0 Å². The Labute approximate surface area is 179 Å². The molecule has 8 nitrogen and oxygen atoms in total. The van der Waals surface area contributed by atoms with Crippen molar-refractivity contribution in [2.75, 3.05) is 10.8 Å². The Hall–Kier alpha value is -2.91. The third kappa shape index (κ3) is 4.47. The highest BCUT2D eigenvalue weighted by Gasteiger charge is 2.26. The Morgan fingerprint density at radius 1 is 1.23 bits per heavy atom. The zero-order valence-electron chi connectivity index (χ0n) is 16.7. The maximum Gasteiger partial charge on any atom is 0.264 e. The van der Waals surface area contributed by atoms with E-state index in [1.807, 2.05) is 0 Å². The van der Waals surface area contributed by atoms with Gasteiger partial charge in [0.1, 0.15) is 6.04 Å². The molecule has 0 saturated carbocycles. The molecule has 3 aromatic rings. The molecule has 3 rings (SSSR count). The van der Waals surface area contributed by atoms with Gasteiger partial charge in [-0.1, -0.05) is 35.0 Å². The third-order valence-electron chi connectivity index (χ3n) is 4.36. The Kier molecular flexibility index (Phi) is 6.42. The van der Waals surface area contributed by atoms with Crippen molar-refractivity contribution in [2.45, 2.75) is 31.7 Å². The van der Waals surface area contributed by atoms with Gasteiger partial charge in [-0.05, 0) is 51.1 Å². The Morgan fingerprint density at radius 3 is 2.53 bits per heavy atom. The number of aromatic nitrogens is 2. The predicted molar refractivity (Wildman–Crippen MR) is 113 cm³/mol. The Bertz CT molecular complexity index is 1150. The van der Waals surface area contributed by atoms with Crippen molar-refractivity contribution in [3.63, 3.8) is 0 Å². The fourth-order valence-corrected chi connectivity index (χ4v) is 4.58. The largest absolute Gasteiger partial charge is 0.340 e. The number of anilines is 1. The van der Waals surface area contributed by atoms with Crippen LogP contribution in [0.2, 0.25) is 5.02 Å². The van der Waals surface area contributed by atoms with Gasteiger partial charge in [-0.3, -0.25) is 9.10 Å². The normalized spacial score (nSPS) is 12.4. The molecule has 1 unspecified atom stereocenters. The number of carbonyl (C=O) groups excluding carboxylic acids is 1. The molecule has 1 atom stereocenters. The molecule has 0 aliphatic rings. The number of amides is 1. The van der Waals surface area contributed by atoms with Gasteiger partial charge in [0.2, 0.25) is 5.89 Å². The molecule has 1 amide bonds. The number of hydrogen-bond acceptors (Lipinski definition) is 6. The van der Waals surface area contributed by atoms with Crippen LogP contribution in [-0.4, -0.2) is 31.0 Å². The van der Waals surface area contributed by atoms with Gasteiger partial charge in [0.15, 0.2) is 5.82 Å². The fourth-order valence-electron chi connectivity index (χ4n) is 2.88. The van der Waals surface area contributed by atoms with Gasteiger partial charge in [-0.2, -0.15) is 4.98 Å². The lowest BCUT2D eigenvalue weighted by Crippen LogP contribution is -2.31. The molecule has 158 valence electrons. The number of sulfonamides is 1. The smallest absolute Gasteiger partial charge is 0.264 e. The van der Waals surface area contributed by atoms with E-state index >= 15 is 0 Å². The van der Waals surface area contributed by atoms with Crippen LogP contribution >= 0.6 is 11.6 Å². The van der Waals surface area contributed by atoms with E-state index < -0.39 is 22.0 Å². The van der Waals surface area contributed by atoms with Gasteiger partial charge in [0.25, 0.3) is 15.9 Å². The molecule has 2 aromatic carbocycles. The van der Waals surface area contributed by atoms with Crippen molar-refractivity contribution in [3.05, 3.63) is 70.8 Å². The summed E-state index contributed by atoms with van der Waals surface area (Å²) >= 11 is 6.18. The van der Waals surface area contributed by atoms with Crippen LogP contribution in [0.25, 0.3) is 0 Å². The topological polar surface area (TPSA) is 105 Å². The van der Waals surface area contributed by atoms with E-state index in [-0.39, 0.29) is 27.9 Å². The molecule has 10 heteroatoms. The minimum absolute atomic E-state index is 0.0324. The average Bonchev–Trinajstić information content (AvgIpc) is 3.15. The molecule has 0 aliphatic heterocycles. The summed E-state index contributed by atoms with van der Waals surface area (Å²) in [7, 11) is -3.90. The van der Waals surface area contributed by atoms with Crippen LogP contribution in [0.5, 0.6) is 0 Å². The number of para-hydroxylation sites is 1. The van der Waals surface area contributed by atoms with E-state index in [1.165, 1.54) is 22.5 Å². The first-order valence-corrected chi connectivity index (χ1v) is 11.0. The number of rotatable bonds is 7. The van der Waals surface area contributed by atoms with Gasteiger partial charge in [0.05, 0.1) is 21.2 Å². The summed E-state index contributed by atoms with van der Waals surface area (Å²) in [6, 6.07) is 12.2. The summed E-state index contributed by atoms with van der Waals surface area (Å²) in [6.45, 7) is 5.30. The number of aryl methyl sites for hydroxylation is 1. The van der Waals surface area contributed by atoms with Crippen molar-refractivity contribution in [1.82, 2.24) is 15.5 Å². The SMILES string of the molecule is CCN(c1ccccc1)S(=O)(=O)c1ccc(Cl)c(C(=O)NC(C)c2nc(C)no2)c1. The summed E-state index contributed by atoms with van der Waals surface area (Å²) in [6.07, 6.45) is 0. The first kappa shape index (κ1) is 21.8. The minimum atomic E-state index is -3.90. The molecule has 0 saturated heterocycles. The zero-order valence-corrected chi connectivity index (χ0v) is 18.2. The van der Waals surface area contributed by atoms with Crippen LogP contribution in [0.3, 0.4) is 0 Å². The lowest BCUT2D eigenvalue weighted by molar-refractivity contribution is 0.0932. The van der Waals surface area contributed by atoms with Crippen molar-refractivity contribution in [2.24, 2.45) is 0 Å². The Morgan fingerprint density at radius 2 is 1.93 bits per heavy atom. The highest BCUT2D eigenvalue weighted by molar-refractivity contribution is 7.92. The van der Waals surface area contributed by atoms with E-state index in [0.717, 1.165) is 0 Å². The van der Waals surface area contributed by atoms with Crippen molar-refractivity contribution in [3.8, 4) is 0 Å². The van der Waals surface area contributed by atoms with Crippen molar-refractivity contribution >= 4 is 33.2 Å². The van der Waals surface area contributed by atoms with Crippen LogP contribution in [0, 0.1) is 6.92 Å². The second-order valence-electron chi connectivity index (χ2n) is 6.52. The second kappa shape index (κ2) is 8.85. The number of carbonyl (C=O) groups is 1. The van der Waals surface area contributed by atoms with E-state index in [0.29, 0.717) is 11.5 Å².